The summed E-state index contributed by atoms with van der Waals surface area (Å²) in [6, 6.07) is -0.408. The molecule has 1 atom stereocenters. The van der Waals surface area contributed by atoms with Gasteiger partial charge in [-0.3, -0.25) is 9.59 Å². The molecular weight excluding hydrogens is 274 g/mol. The van der Waals surface area contributed by atoms with Crippen LogP contribution in [0.3, 0.4) is 0 Å². The molecule has 0 bridgehead atoms. The third-order valence-electron chi connectivity index (χ3n) is 2.06. The van der Waals surface area contributed by atoms with Crippen molar-refractivity contribution in [3.8, 4) is 0 Å². The van der Waals surface area contributed by atoms with Gasteiger partial charge in [0.1, 0.15) is 23.4 Å². The van der Waals surface area contributed by atoms with Crippen LogP contribution in [0, 0.1) is 0 Å². The molecule has 0 aliphatic heterocycles. The second-order valence-corrected chi connectivity index (χ2v) is 7.05. The van der Waals surface area contributed by atoms with Gasteiger partial charge >= 0.3 is 12.1 Å². The maximum atomic E-state index is 11.7. The average molecular weight is 301 g/mol. The second-order valence-electron chi connectivity index (χ2n) is 7.05. The zero-order chi connectivity index (χ0) is 16.8. The van der Waals surface area contributed by atoms with Gasteiger partial charge in [0.05, 0.1) is 0 Å². The average Bonchev–Trinajstić information content (AvgIpc) is 2.07. The van der Waals surface area contributed by atoms with Crippen LogP contribution in [0.25, 0.3) is 0 Å². The third-order valence-corrected chi connectivity index (χ3v) is 2.06. The lowest BCUT2D eigenvalue weighted by molar-refractivity contribution is -0.156. The van der Waals surface area contributed by atoms with Crippen molar-refractivity contribution in [3.63, 3.8) is 0 Å². The van der Waals surface area contributed by atoms with Crippen LogP contribution < -0.4 is 5.32 Å². The summed E-state index contributed by atoms with van der Waals surface area (Å²) in [6.45, 7) is 12.2. The number of Topliss-reactive ketones (excluding diaryl/α,β-unsaturated/α-hetero) is 1. The molecule has 0 unspecified atom stereocenters. The molecule has 0 aromatic rings. The Morgan fingerprint density at radius 1 is 0.952 bits per heavy atom. The van der Waals surface area contributed by atoms with Crippen LogP contribution in [0.2, 0.25) is 0 Å². The van der Waals surface area contributed by atoms with Gasteiger partial charge in [0, 0.05) is 12.5 Å². The number of ketones is 1. The van der Waals surface area contributed by atoms with Gasteiger partial charge in [-0.25, -0.2) is 4.79 Å². The Morgan fingerprint density at radius 3 is 1.86 bits per heavy atom. The van der Waals surface area contributed by atoms with E-state index in [4.69, 9.17) is 9.47 Å². The Bertz CT molecular complexity index is 390. The highest BCUT2D eigenvalue weighted by molar-refractivity contribution is 5.96. The predicted octanol–water partition coefficient (Wildman–Crippen LogP) is 2.59. The fourth-order valence-electron chi connectivity index (χ4n) is 1.51. The van der Waals surface area contributed by atoms with Crippen molar-refractivity contribution >= 4 is 17.8 Å². The zero-order valence-electron chi connectivity index (χ0n) is 14.0. The lowest BCUT2D eigenvalue weighted by Crippen LogP contribution is -2.38. The molecule has 0 aromatic carbocycles. The Hall–Kier alpha value is -1.59. The Kier molecular flexibility index (Phi) is 6.86. The third kappa shape index (κ3) is 11.9. The van der Waals surface area contributed by atoms with Gasteiger partial charge in [-0.15, -0.1) is 0 Å². The molecule has 6 heteroatoms. The molecule has 0 saturated heterocycles. The van der Waals surface area contributed by atoms with Gasteiger partial charge in [-0.2, -0.15) is 0 Å². The quantitative estimate of drug-likeness (QED) is 0.623. The minimum Gasteiger partial charge on any atom is -0.460 e. The Labute approximate surface area is 126 Å². The largest absolute Gasteiger partial charge is 0.460 e. The number of carbonyl (C=O) groups is 3. The van der Waals surface area contributed by atoms with Crippen molar-refractivity contribution < 1.29 is 23.9 Å². The molecule has 0 spiro atoms. The molecule has 0 aliphatic carbocycles. The molecular formula is C15H27NO5. The Balaban J connectivity index is 4.16. The van der Waals surface area contributed by atoms with E-state index >= 15 is 0 Å². The SMILES string of the molecule is C[C@@H](CC(=O)CC(=O)OC(C)(C)C)NC(=O)OC(C)(C)C. The summed E-state index contributed by atoms with van der Waals surface area (Å²) < 4.78 is 10.1. The number of esters is 1. The first-order valence-corrected chi connectivity index (χ1v) is 7.01. The number of alkyl carbamates (subject to hydrolysis) is 1. The molecule has 122 valence electrons. The van der Waals surface area contributed by atoms with E-state index in [-0.39, 0.29) is 18.6 Å². The number of nitrogens with one attached hydrogen (secondary N) is 1. The van der Waals surface area contributed by atoms with Crippen molar-refractivity contribution in [2.45, 2.75) is 78.6 Å². The molecule has 0 fully saturated rings. The van der Waals surface area contributed by atoms with Crippen LogP contribution in [-0.4, -0.2) is 35.1 Å². The van der Waals surface area contributed by atoms with Crippen molar-refractivity contribution in [1.29, 1.82) is 0 Å². The fourth-order valence-corrected chi connectivity index (χ4v) is 1.51. The molecule has 1 amide bonds. The lowest BCUT2D eigenvalue weighted by Gasteiger charge is -2.22. The summed E-state index contributed by atoms with van der Waals surface area (Å²) in [5.41, 5.74) is -1.21. The minimum atomic E-state index is -0.613. The first-order valence-electron chi connectivity index (χ1n) is 7.01. The summed E-state index contributed by atoms with van der Waals surface area (Å²) >= 11 is 0. The van der Waals surface area contributed by atoms with Crippen LogP contribution in [-0.2, 0) is 19.1 Å². The molecule has 21 heavy (non-hydrogen) atoms. The fraction of sp³-hybridized carbons (Fsp3) is 0.800. The standard InChI is InChI=1S/C15H27NO5/c1-10(16-13(19)21-15(5,6)7)8-11(17)9-12(18)20-14(2,3)4/h10H,8-9H2,1-7H3,(H,16,19)/t10-/m0/s1. The summed E-state index contributed by atoms with van der Waals surface area (Å²) in [6.07, 6.45) is -0.823. The van der Waals surface area contributed by atoms with Crippen LogP contribution in [0.4, 0.5) is 4.79 Å². The summed E-state index contributed by atoms with van der Waals surface area (Å²) in [7, 11) is 0. The highest BCUT2D eigenvalue weighted by Gasteiger charge is 2.22. The molecule has 0 aromatic heterocycles. The molecule has 0 aliphatic rings. The van der Waals surface area contributed by atoms with Crippen molar-refractivity contribution in [2.24, 2.45) is 0 Å². The number of hydrogen-bond acceptors (Lipinski definition) is 5. The molecule has 0 rings (SSSR count). The van der Waals surface area contributed by atoms with Crippen molar-refractivity contribution in [1.82, 2.24) is 5.32 Å². The van der Waals surface area contributed by atoms with Gasteiger partial charge in [-0.05, 0) is 48.5 Å². The number of ether oxygens (including phenoxy) is 2. The number of carbonyl (C=O) groups excluding carboxylic acids is 3. The first-order chi connectivity index (χ1) is 9.28. The van der Waals surface area contributed by atoms with Gasteiger partial charge < -0.3 is 14.8 Å². The topological polar surface area (TPSA) is 81.7 Å². The number of rotatable bonds is 5. The summed E-state index contributed by atoms with van der Waals surface area (Å²) in [5.74, 6) is -0.843. The van der Waals surface area contributed by atoms with E-state index in [1.54, 1.807) is 48.5 Å². The molecule has 1 N–H and O–H groups in total. The summed E-state index contributed by atoms with van der Waals surface area (Å²) in [4.78, 5) is 34.8. The Morgan fingerprint density at radius 2 is 1.43 bits per heavy atom. The normalized spacial score (nSPS) is 13.3. The van der Waals surface area contributed by atoms with Gasteiger partial charge in [0.25, 0.3) is 0 Å². The summed E-state index contributed by atoms with van der Waals surface area (Å²) in [5, 5.41) is 2.55. The zero-order valence-corrected chi connectivity index (χ0v) is 14.0. The first kappa shape index (κ1) is 19.4. The molecule has 0 heterocycles. The number of hydrogen-bond donors (Lipinski definition) is 1. The van der Waals surface area contributed by atoms with E-state index in [9.17, 15) is 14.4 Å². The van der Waals surface area contributed by atoms with E-state index in [0.717, 1.165) is 0 Å². The highest BCUT2D eigenvalue weighted by Crippen LogP contribution is 2.10. The van der Waals surface area contributed by atoms with E-state index in [1.807, 2.05) is 0 Å². The predicted molar refractivity (Wildman–Crippen MR) is 78.9 cm³/mol. The van der Waals surface area contributed by atoms with E-state index in [2.05, 4.69) is 5.32 Å². The molecule has 0 saturated carbocycles. The van der Waals surface area contributed by atoms with E-state index < -0.39 is 29.3 Å². The number of amides is 1. The van der Waals surface area contributed by atoms with Gasteiger partial charge in [-0.1, -0.05) is 0 Å². The van der Waals surface area contributed by atoms with Crippen LogP contribution in [0.5, 0.6) is 0 Å². The van der Waals surface area contributed by atoms with Crippen molar-refractivity contribution in [3.05, 3.63) is 0 Å². The van der Waals surface area contributed by atoms with Gasteiger partial charge in [0.15, 0.2) is 0 Å². The van der Waals surface area contributed by atoms with Crippen LogP contribution in [0.15, 0.2) is 0 Å². The van der Waals surface area contributed by atoms with Crippen molar-refractivity contribution in [2.75, 3.05) is 0 Å². The molecule has 0 radical (unpaired) electrons. The second kappa shape index (κ2) is 7.43. The molecule has 6 nitrogen and oxygen atoms in total. The maximum absolute atomic E-state index is 11.7. The monoisotopic (exact) mass is 301 g/mol. The van der Waals surface area contributed by atoms with Gasteiger partial charge in [0.2, 0.25) is 0 Å². The van der Waals surface area contributed by atoms with Crippen LogP contribution in [0.1, 0.15) is 61.3 Å². The van der Waals surface area contributed by atoms with E-state index in [1.165, 1.54) is 0 Å². The minimum absolute atomic E-state index is 0.0541. The maximum Gasteiger partial charge on any atom is 0.407 e. The lowest BCUT2D eigenvalue weighted by atomic mass is 10.1. The highest BCUT2D eigenvalue weighted by atomic mass is 16.6. The van der Waals surface area contributed by atoms with Crippen LogP contribution >= 0.6 is 0 Å². The smallest absolute Gasteiger partial charge is 0.407 e. The van der Waals surface area contributed by atoms with E-state index in [0.29, 0.717) is 0 Å².